The molecule has 2 N–H and O–H groups in total. The van der Waals surface area contributed by atoms with Crippen molar-refractivity contribution in [3.05, 3.63) is 58.3 Å². The Hall–Kier alpha value is -1.65. The number of aliphatic hydroxyl groups is 1. The van der Waals surface area contributed by atoms with E-state index in [1.807, 2.05) is 47.2 Å². The second kappa shape index (κ2) is 6.46. The van der Waals surface area contributed by atoms with Crippen molar-refractivity contribution in [1.82, 2.24) is 0 Å². The highest BCUT2D eigenvalue weighted by atomic mass is 32.1. The fraction of sp³-hybridized carbons (Fsp3) is 0.421. The van der Waals surface area contributed by atoms with Gasteiger partial charge < -0.3 is 10.2 Å². The first-order valence-electron chi connectivity index (χ1n) is 8.11. The van der Waals surface area contributed by atoms with Gasteiger partial charge in [0.05, 0.1) is 5.60 Å². The molecule has 1 heterocycles. The van der Waals surface area contributed by atoms with Gasteiger partial charge >= 0.3 is 5.97 Å². The van der Waals surface area contributed by atoms with Crippen LogP contribution in [0.2, 0.25) is 0 Å². The highest BCUT2D eigenvalue weighted by Gasteiger charge is 2.57. The minimum absolute atomic E-state index is 0.316. The Kier molecular flexibility index (Phi) is 4.55. The number of rotatable bonds is 5. The van der Waals surface area contributed by atoms with Crippen molar-refractivity contribution in [2.45, 2.75) is 49.5 Å². The van der Waals surface area contributed by atoms with Gasteiger partial charge in [0.2, 0.25) is 0 Å². The second-order valence-electron chi connectivity index (χ2n) is 6.48. The second-order valence-corrected chi connectivity index (χ2v) is 7.26. The van der Waals surface area contributed by atoms with Crippen LogP contribution in [0.4, 0.5) is 0 Å². The number of hydrogen-bond donors (Lipinski definition) is 2. The first-order valence-corrected chi connectivity index (χ1v) is 9.05. The summed E-state index contributed by atoms with van der Waals surface area (Å²) in [6, 6.07) is 11.5. The number of carboxylic acids is 1. The average molecular weight is 330 g/mol. The predicted octanol–water partition coefficient (Wildman–Crippen LogP) is 4.01. The smallest absolute Gasteiger partial charge is 0.317 e. The quantitative estimate of drug-likeness (QED) is 0.871. The molecule has 3 nitrogen and oxygen atoms in total. The number of benzene rings is 1. The molecule has 3 rings (SSSR count). The number of aliphatic carboxylic acids is 1. The van der Waals surface area contributed by atoms with Crippen LogP contribution in [-0.4, -0.2) is 21.8 Å². The summed E-state index contributed by atoms with van der Waals surface area (Å²) < 4.78 is 0. The van der Waals surface area contributed by atoms with Gasteiger partial charge in [0, 0.05) is 0 Å². The van der Waals surface area contributed by atoms with E-state index in [9.17, 15) is 15.0 Å². The molecule has 4 heteroatoms. The van der Waals surface area contributed by atoms with E-state index in [4.69, 9.17) is 0 Å². The van der Waals surface area contributed by atoms with Crippen LogP contribution >= 0.6 is 11.3 Å². The Balaban J connectivity index is 2.13. The van der Waals surface area contributed by atoms with Crippen molar-refractivity contribution < 1.29 is 15.0 Å². The van der Waals surface area contributed by atoms with Crippen LogP contribution in [0.1, 0.15) is 43.2 Å². The highest BCUT2D eigenvalue weighted by Crippen LogP contribution is 2.47. The van der Waals surface area contributed by atoms with Crippen LogP contribution in [0.25, 0.3) is 0 Å². The SMILES string of the molecule is O=C(O)C(Cc1ccccc1)(c1ccsc1)C1(O)CCCCC1. The van der Waals surface area contributed by atoms with Crippen molar-refractivity contribution >= 4 is 17.3 Å². The molecule has 1 aromatic heterocycles. The van der Waals surface area contributed by atoms with Crippen LogP contribution in [-0.2, 0) is 16.6 Å². The molecule has 1 aliphatic carbocycles. The molecule has 0 bridgehead atoms. The van der Waals surface area contributed by atoms with Crippen molar-refractivity contribution in [3.63, 3.8) is 0 Å². The van der Waals surface area contributed by atoms with E-state index in [2.05, 4.69) is 0 Å². The maximum Gasteiger partial charge on any atom is 0.317 e. The van der Waals surface area contributed by atoms with Gasteiger partial charge in [0.15, 0.2) is 0 Å². The van der Waals surface area contributed by atoms with E-state index in [1.54, 1.807) is 0 Å². The molecular formula is C19H22O3S. The maximum absolute atomic E-state index is 12.5. The first-order chi connectivity index (χ1) is 11.1. The Labute approximate surface area is 140 Å². The van der Waals surface area contributed by atoms with Crippen molar-refractivity contribution in [2.24, 2.45) is 0 Å². The van der Waals surface area contributed by atoms with Crippen molar-refractivity contribution in [2.75, 3.05) is 0 Å². The van der Waals surface area contributed by atoms with Crippen LogP contribution in [0, 0.1) is 0 Å². The lowest BCUT2D eigenvalue weighted by molar-refractivity contribution is -0.160. The molecule has 2 aromatic rings. The van der Waals surface area contributed by atoms with Gasteiger partial charge in [-0.15, -0.1) is 0 Å². The lowest BCUT2D eigenvalue weighted by atomic mass is 9.59. The molecule has 1 fully saturated rings. The van der Waals surface area contributed by atoms with E-state index < -0.39 is 17.0 Å². The molecular weight excluding hydrogens is 308 g/mol. The minimum atomic E-state index is -1.28. The molecule has 0 spiro atoms. The zero-order chi connectivity index (χ0) is 16.3. The molecule has 1 aromatic carbocycles. The van der Waals surface area contributed by atoms with Gasteiger partial charge in [-0.3, -0.25) is 4.79 Å². The lowest BCUT2D eigenvalue weighted by Gasteiger charge is -2.46. The molecule has 1 aliphatic rings. The molecule has 0 amide bonds. The Morgan fingerprint density at radius 3 is 2.39 bits per heavy atom. The third-order valence-electron chi connectivity index (χ3n) is 5.17. The Morgan fingerprint density at radius 1 is 1.13 bits per heavy atom. The maximum atomic E-state index is 12.5. The summed E-state index contributed by atoms with van der Waals surface area (Å²) in [6.45, 7) is 0. The number of carbonyl (C=O) groups is 1. The lowest BCUT2D eigenvalue weighted by Crippen LogP contribution is -2.58. The molecule has 1 atom stereocenters. The minimum Gasteiger partial charge on any atom is -0.480 e. The van der Waals surface area contributed by atoms with Gasteiger partial charge in [-0.25, -0.2) is 0 Å². The number of carboxylic acid groups (broad SMARTS) is 1. The van der Waals surface area contributed by atoms with E-state index in [-0.39, 0.29) is 0 Å². The summed E-state index contributed by atoms with van der Waals surface area (Å²) in [7, 11) is 0. The van der Waals surface area contributed by atoms with Crippen LogP contribution in [0.15, 0.2) is 47.2 Å². The Morgan fingerprint density at radius 2 is 1.83 bits per heavy atom. The zero-order valence-corrected chi connectivity index (χ0v) is 13.9. The molecule has 23 heavy (non-hydrogen) atoms. The largest absolute Gasteiger partial charge is 0.480 e. The van der Waals surface area contributed by atoms with Crippen LogP contribution < -0.4 is 0 Å². The Bertz CT molecular complexity index is 645. The molecule has 0 aliphatic heterocycles. The molecule has 0 saturated heterocycles. The normalized spacial score (nSPS) is 19.9. The molecule has 122 valence electrons. The highest BCUT2D eigenvalue weighted by molar-refractivity contribution is 7.08. The summed E-state index contributed by atoms with van der Waals surface area (Å²) in [4.78, 5) is 12.5. The van der Waals surface area contributed by atoms with Crippen molar-refractivity contribution in [1.29, 1.82) is 0 Å². The standard InChI is InChI=1S/C19H22O3S/c20-17(21)19(16-9-12-23-14-16,13-15-7-3-1-4-8-15)18(22)10-5-2-6-11-18/h1,3-4,7-9,12,14,22H,2,5-6,10-11,13H2,(H,20,21). The third kappa shape index (κ3) is 2.81. The van der Waals surface area contributed by atoms with E-state index in [1.165, 1.54) is 11.3 Å². The predicted molar refractivity (Wildman–Crippen MR) is 91.8 cm³/mol. The fourth-order valence-corrected chi connectivity index (χ4v) is 4.64. The van der Waals surface area contributed by atoms with Crippen LogP contribution in [0.3, 0.4) is 0 Å². The summed E-state index contributed by atoms with van der Waals surface area (Å²) in [5, 5.41) is 25.4. The topological polar surface area (TPSA) is 57.5 Å². The molecule has 1 saturated carbocycles. The van der Waals surface area contributed by atoms with E-state index in [0.29, 0.717) is 19.3 Å². The summed E-state index contributed by atoms with van der Waals surface area (Å²) >= 11 is 1.48. The average Bonchev–Trinajstić information content (AvgIpc) is 3.08. The van der Waals surface area contributed by atoms with Gasteiger partial charge in [-0.2, -0.15) is 11.3 Å². The van der Waals surface area contributed by atoms with Crippen molar-refractivity contribution in [3.8, 4) is 0 Å². The zero-order valence-electron chi connectivity index (χ0n) is 13.1. The van der Waals surface area contributed by atoms with Gasteiger partial charge in [0.25, 0.3) is 0 Å². The number of hydrogen-bond acceptors (Lipinski definition) is 3. The van der Waals surface area contributed by atoms with Gasteiger partial charge in [-0.1, -0.05) is 49.6 Å². The van der Waals surface area contributed by atoms with Crippen LogP contribution in [0.5, 0.6) is 0 Å². The number of thiophene rings is 1. The fourth-order valence-electron chi connectivity index (χ4n) is 3.91. The van der Waals surface area contributed by atoms with E-state index in [0.717, 1.165) is 30.4 Å². The summed E-state index contributed by atoms with van der Waals surface area (Å²) in [5.41, 5.74) is -0.814. The van der Waals surface area contributed by atoms with Gasteiger partial charge in [-0.05, 0) is 47.2 Å². The summed E-state index contributed by atoms with van der Waals surface area (Å²) in [5.74, 6) is -0.927. The molecule has 0 radical (unpaired) electrons. The van der Waals surface area contributed by atoms with Gasteiger partial charge in [0.1, 0.15) is 5.41 Å². The third-order valence-corrected chi connectivity index (χ3v) is 5.85. The summed E-state index contributed by atoms with van der Waals surface area (Å²) in [6.07, 6.45) is 4.22. The first kappa shape index (κ1) is 16.2. The van der Waals surface area contributed by atoms with E-state index >= 15 is 0 Å². The monoisotopic (exact) mass is 330 g/mol. The molecule has 1 unspecified atom stereocenters.